The molecule has 0 aromatic carbocycles. The van der Waals surface area contributed by atoms with Gasteiger partial charge in [0.05, 0.1) is 11.3 Å². The van der Waals surface area contributed by atoms with Crippen molar-refractivity contribution in [2.75, 3.05) is 6.54 Å². The summed E-state index contributed by atoms with van der Waals surface area (Å²) in [7, 11) is 0. The first kappa shape index (κ1) is 16.9. The fourth-order valence-electron chi connectivity index (χ4n) is 1.82. The van der Waals surface area contributed by atoms with Crippen molar-refractivity contribution in [1.82, 2.24) is 0 Å². The summed E-state index contributed by atoms with van der Waals surface area (Å²) in [4.78, 5) is 20.7. The molecule has 0 radical (unpaired) electrons. The molecule has 4 N–H and O–H groups in total. The van der Waals surface area contributed by atoms with E-state index in [9.17, 15) is 9.59 Å². The summed E-state index contributed by atoms with van der Waals surface area (Å²) in [6.07, 6.45) is 5.77. The molecule has 1 rings (SSSR count). The molecule has 106 valence electrons. The normalized spacial score (nSPS) is 16.6. The maximum Gasteiger partial charge on any atom is 0.309 e. The Labute approximate surface area is 108 Å². The number of carboxylic acids is 2. The Morgan fingerprint density at radius 3 is 1.89 bits per heavy atom. The molecule has 18 heavy (non-hydrogen) atoms. The van der Waals surface area contributed by atoms with Crippen LogP contribution in [0, 0.1) is 11.3 Å². The van der Waals surface area contributed by atoms with Crippen molar-refractivity contribution in [3.8, 4) is 0 Å². The quantitative estimate of drug-likeness (QED) is 0.717. The van der Waals surface area contributed by atoms with Crippen molar-refractivity contribution in [2.45, 2.75) is 52.4 Å². The van der Waals surface area contributed by atoms with Gasteiger partial charge in [0.1, 0.15) is 0 Å². The van der Waals surface area contributed by atoms with Gasteiger partial charge in [0.2, 0.25) is 0 Å². The van der Waals surface area contributed by atoms with Gasteiger partial charge in [0.15, 0.2) is 0 Å². The zero-order valence-electron chi connectivity index (χ0n) is 11.3. The molecule has 1 fully saturated rings. The highest BCUT2D eigenvalue weighted by Crippen LogP contribution is 2.23. The SMILES string of the molecule is CC(C)(CCN)C(=O)O.O=C(O)C1CCCCC1. The van der Waals surface area contributed by atoms with Gasteiger partial charge in [0.25, 0.3) is 0 Å². The molecule has 0 atom stereocenters. The van der Waals surface area contributed by atoms with Gasteiger partial charge >= 0.3 is 11.9 Å². The third kappa shape index (κ3) is 6.59. The van der Waals surface area contributed by atoms with E-state index >= 15 is 0 Å². The first-order valence-corrected chi connectivity index (χ1v) is 6.47. The smallest absolute Gasteiger partial charge is 0.309 e. The lowest BCUT2D eigenvalue weighted by Gasteiger charge is -2.16. The number of hydrogen-bond donors (Lipinski definition) is 3. The van der Waals surface area contributed by atoms with Crippen molar-refractivity contribution < 1.29 is 19.8 Å². The summed E-state index contributed by atoms with van der Waals surface area (Å²) >= 11 is 0. The molecule has 1 aliphatic carbocycles. The molecule has 0 unspecified atom stereocenters. The van der Waals surface area contributed by atoms with Crippen LogP contribution in [0.4, 0.5) is 0 Å². The van der Waals surface area contributed by atoms with E-state index in [1.165, 1.54) is 6.42 Å². The van der Waals surface area contributed by atoms with Crippen LogP contribution in [0.1, 0.15) is 52.4 Å². The topological polar surface area (TPSA) is 101 Å². The van der Waals surface area contributed by atoms with Gasteiger partial charge in [-0.25, -0.2) is 0 Å². The largest absolute Gasteiger partial charge is 0.481 e. The van der Waals surface area contributed by atoms with Crippen molar-refractivity contribution in [3.63, 3.8) is 0 Å². The second kappa shape index (κ2) is 8.08. The predicted molar refractivity (Wildman–Crippen MR) is 69.3 cm³/mol. The van der Waals surface area contributed by atoms with Crippen molar-refractivity contribution in [3.05, 3.63) is 0 Å². The maximum atomic E-state index is 10.4. The molecule has 0 aromatic heterocycles. The first-order valence-electron chi connectivity index (χ1n) is 6.47. The van der Waals surface area contributed by atoms with E-state index in [2.05, 4.69) is 0 Å². The minimum Gasteiger partial charge on any atom is -0.481 e. The highest BCUT2D eigenvalue weighted by atomic mass is 16.4. The zero-order chi connectivity index (χ0) is 14.2. The Morgan fingerprint density at radius 2 is 1.67 bits per heavy atom. The first-order chi connectivity index (χ1) is 8.31. The van der Waals surface area contributed by atoms with Crippen LogP contribution < -0.4 is 5.73 Å². The molecular formula is C13H25NO4. The Kier molecular flexibility index (Phi) is 7.59. The molecule has 0 spiro atoms. The number of carbonyl (C=O) groups is 2. The highest BCUT2D eigenvalue weighted by molar-refractivity contribution is 5.73. The van der Waals surface area contributed by atoms with E-state index < -0.39 is 17.4 Å². The Balaban J connectivity index is 0.000000321. The molecule has 1 saturated carbocycles. The summed E-state index contributed by atoms with van der Waals surface area (Å²) in [6, 6.07) is 0. The Bertz CT molecular complexity index is 270. The predicted octanol–water partition coefficient (Wildman–Crippen LogP) is 2.10. The standard InChI is InChI=1S/C7H12O2.C6H13NO2/c8-7(9)6-4-2-1-3-5-6;1-6(2,3-4-7)5(8)9/h6H,1-5H2,(H,8,9);3-4,7H2,1-2H3,(H,8,9). The summed E-state index contributed by atoms with van der Waals surface area (Å²) in [5.74, 6) is -1.42. The summed E-state index contributed by atoms with van der Waals surface area (Å²) < 4.78 is 0. The van der Waals surface area contributed by atoms with Gasteiger partial charge in [-0.3, -0.25) is 9.59 Å². The molecule has 0 saturated heterocycles. The minimum absolute atomic E-state index is 0.0289. The van der Waals surface area contributed by atoms with Crippen LogP contribution >= 0.6 is 0 Å². The molecule has 5 nitrogen and oxygen atoms in total. The fraction of sp³-hybridized carbons (Fsp3) is 0.846. The maximum absolute atomic E-state index is 10.4. The average Bonchev–Trinajstić information content (AvgIpc) is 2.30. The Morgan fingerprint density at radius 1 is 1.17 bits per heavy atom. The summed E-state index contributed by atoms with van der Waals surface area (Å²) in [6.45, 7) is 3.77. The van der Waals surface area contributed by atoms with Crippen LogP contribution in [0.15, 0.2) is 0 Å². The molecule has 0 heterocycles. The van der Waals surface area contributed by atoms with E-state index in [1.807, 2.05) is 0 Å². The molecule has 0 bridgehead atoms. The van der Waals surface area contributed by atoms with Crippen LogP contribution in [0.3, 0.4) is 0 Å². The van der Waals surface area contributed by atoms with Gasteiger partial charge in [-0.2, -0.15) is 0 Å². The molecule has 1 aliphatic rings. The summed E-state index contributed by atoms with van der Waals surface area (Å²) in [5.41, 5.74) is 4.53. The second-order valence-electron chi connectivity index (χ2n) is 5.40. The third-order valence-corrected chi connectivity index (χ3v) is 3.30. The third-order valence-electron chi connectivity index (χ3n) is 3.30. The number of aliphatic carboxylic acids is 2. The number of hydrogen-bond acceptors (Lipinski definition) is 3. The van der Waals surface area contributed by atoms with E-state index in [0.717, 1.165) is 25.7 Å². The van der Waals surface area contributed by atoms with E-state index in [4.69, 9.17) is 15.9 Å². The molecule has 5 heteroatoms. The fourth-order valence-corrected chi connectivity index (χ4v) is 1.82. The van der Waals surface area contributed by atoms with Crippen LogP contribution in [0.25, 0.3) is 0 Å². The van der Waals surface area contributed by atoms with Crippen molar-refractivity contribution in [1.29, 1.82) is 0 Å². The van der Waals surface area contributed by atoms with Crippen LogP contribution in [-0.4, -0.2) is 28.7 Å². The second-order valence-corrected chi connectivity index (χ2v) is 5.40. The number of rotatable bonds is 4. The van der Waals surface area contributed by atoms with Gasteiger partial charge in [-0.1, -0.05) is 19.3 Å². The van der Waals surface area contributed by atoms with E-state index in [1.54, 1.807) is 13.8 Å². The Hall–Kier alpha value is -1.10. The van der Waals surface area contributed by atoms with Gasteiger partial charge in [0, 0.05) is 0 Å². The van der Waals surface area contributed by atoms with Crippen LogP contribution in [0.5, 0.6) is 0 Å². The number of nitrogens with two attached hydrogens (primary N) is 1. The molecule has 0 aliphatic heterocycles. The summed E-state index contributed by atoms with van der Waals surface area (Å²) in [5, 5.41) is 17.1. The molecular weight excluding hydrogens is 234 g/mol. The van der Waals surface area contributed by atoms with E-state index in [0.29, 0.717) is 13.0 Å². The monoisotopic (exact) mass is 259 g/mol. The van der Waals surface area contributed by atoms with Gasteiger partial charge in [-0.15, -0.1) is 0 Å². The lowest BCUT2D eigenvalue weighted by atomic mass is 9.90. The van der Waals surface area contributed by atoms with E-state index in [-0.39, 0.29) is 5.92 Å². The molecule has 0 amide bonds. The lowest BCUT2D eigenvalue weighted by Crippen LogP contribution is -2.26. The van der Waals surface area contributed by atoms with Crippen LogP contribution in [-0.2, 0) is 9.59 Å². The molecule has 0 aromatic rings. The average molecular weight is 259 g/mol. The van der Waals surface area contributed by atoms with Crippen LogP contribution in [0.2, 0.25) is 0 Å². The zero-order valence-corrected chi connectivity index (χ0v) is 11.3. The highest BCUT2D eigenvalue weighted by Gasteiger charge is 2.25. The minimum atomic E-state index is -0.784. The van der Waals surface area contributed by atoms with Crippen molar-refractivity contribution in [2.24, 2.45) is 17.1 Å². The lowest BCUT2D eigenvalue weighted by molar-refractivity contribution is -0.147. The van der Waals surface area contributed by atoms with Gasteiger partial charge < -0.3 is 15.9 Å². The van der Waals surface area contributed by atoms with Crippen molar-refractivity contribution >= 4 is 11.9 Å². The van der Waals surface area contributed by atoms with Gasteiger partial charge in [-0.05, 0) is 39.7 Å². The number of carboxylic acid groups (broad SMARTS) is 2.